The van der Waals surface area contributed by atoms with Gasteiger partial charge in [0.25, 0.3) is 9.05 Å². The summed E-state index contributed by atoms with van der Waals surface area (Å²) in [4.78, 5) is 3.75. The average Bonchev–Trinajstić information content (AvgIpc) is 2.65. The van der Waals surface area contributed by atoms with E-state index in [9.17, 15) is 8.42 Å². The van der Waals surface area contributed by atoms with Crippen molar-refractivity contribution in [1.82, 2.24) is 9.55 Å². The third-order valence-corrected chi connectivity index (χ3v) is 3.49. The van der Waals surface area contributed by atoms with Gasteiger partial charge < -0.3 is 4.57 Å². The first-order chi connectivity index (χ1) is 7.95. The molecule has 0 radical (unpaired) electrons. The molecule has 90 valence electrons. The Balaban J connectivity index is 2.23. The molecule has 17 heavy (non-hydrogen) atoms. The molecule has 0 N–H and O–H groups in total. The molecular formula is C11H11ClN2O2S. The Bertz CT molecular complexity index is 634. The van der Waals surface area contributed by atoms with Crippen LogP contribution >= 0.6 is 10.7 Å². The number of halogens is 1. The van der Waals surface area contributed by atoms with Gasteiger partial charge in [0.1, 0.15) is 0 Å². The van der Waals surface area contributed by atoms with Gasteiger partial charge in [-0.05, 0) is 12.5 Å². The maximum atomic E-state index is 11.0. The van der Waals surface area contributed by atoms with Gasteiger partial charge in [0.2, 0.25) is 0 Å². The summed E-state index contributed by atoms with van der Waals surface area (Å²) in [7, 11) is 1.45. The smallest absolute Gasteiger partial charge is 0.280 e. The lowest BCUT2D eigenvalue weighted by atomic mass is 10.1. The van der Waals surface area contributed by atoms with E-state index in [1.54, 1.807) is 4.57 Å². The number of nitrogens with zero attached hydrogens (tertiary/aromatic N) is 2. The average molecular weight is 271 g/mol. The molecular weight excluding hydrogens is 260 g/mol. The third kappa shape index (κ3) is 3.08. The zero-order chi connectivity index (χ0) is 12.5. The molecule has 0 fully saturated rings. The highest BCUT2D eigenvalue weighted by Gasteiger charge is 2.13. The zero-order valence-electron chi connectivity index (χ0n) is 9.17. The van der Waals surface area contributed by atoms with E-state index in [0.29, 0.717) is 6.54 Å². The highest BCUT2D eigenvalue weighted by Crippen LogP contribution is 2.13. The van der Waals surface area contributed by atoms with Crippen LogP contribution in [0.4, 0.5) is 0 Å². The van der Waals surface area contributed by atoms with Gasteiger partial charge in [0, 0.05) is 23.4 Å². The van der Waals surface area contributed by atoms with Crippen LogP contribution < -0.4 is 0 Å². The van der Waals surface area contributed by atoms with Gasteiger partial charge in [-0.1, -0.05) is 29.8 Å². The largest absolute Gasteiger partial charge is 0.332 e. The molecule has 0 aliphatic heterocycles. The van der Waals surface area contributed by atoms with Crippen LogP contribution in [-0.4, -0.2) is 18.0 Å². The van der Waals surface area contributed by atoms with Crippen LogP contribution in [0.15, 0.2) is 41.8 Å². The van der Waals surface area contributed by atoms with Crippen molar-refractivity contribution in [2.24, 2.45) is 0 Å². The number of imidazole rings is 1. The normalized spacial score (nSPS) is 11.6. The fourth-order valence-electron chi connectivity index (χ4n) is 1.57. The van der Waals surface area contributed by atoms with Crippen LogP contribution in [0, 0.1) is 6.92 Å². The van der Waals surface area contributed by atoms with E-state index in [-0.39, 0.29) is 5.03 Å². The third-order valence-electron chi connectivity index (χ3n) is 2.31. The first kappa shape index (κ1) is 12.1. The first-order valence-corrected chi connectivity index (χ1v) is 7.28. The van der Waals surface area contributed by atoms with E-state index in [1.807, 2.05) is 31.2 Å². The summed E-state index contributed by atoms with van der Waals surface area (Å²) in [6.07, 6.45) is 2.88. The second kappa shape index (κ2) is 4.50. The van der Waals surface area contributed by atoms with Crippen LogP contribution in [0.3, 0.4) is 0 Å². The van der Waals surface area contributed by atoms with Gasteiger partial charge in [-0.2, -0.15) is 0 Å². The Kier molecular flexibility index (Phi) is 3.22. The molecule has 0 unspecified atom stereocenters. The van der Waals surface area contributed by atoms with Crippen molar-refractivity contribution >= 4 is 19.7 Å². The van der Waals surface area contributed by atoms with E-state index >= 15 is 0 Å². The molecule has 2 rings (SSSR count). The van der Waals surface area contributed by atoms with Crippen molar-refractivity contribution in [1.29, 1.82) is 0 Å². The summed E-state index contributed by atoms with van der Waals surface area (Å²) in [5, 5.41) is -0.119. The minimum Gasteiger partial charge on any atom is -0.332 e. The molecule has 4 nitrogen and oxygen atoms in total. The monoisotopic (exact) mass is 270 g/mol. The lowest BCUT2D eigenvalue weighted by Gasteiger charge is -2.02. The second-order valence-corrected chi connectivity index (χ2v) is 6.32. The van der Waals surface area contributed by atoms with Crippen molar-refractivity contribution in [3.05, 3.63) is 47.9 Å². The molecule has 0 aliphatic rings. The summed E-state index contributed by atoms with van der Waals surface area (Å²) in [5.74, 6) is 0. The van der Waals surface area contributed by atoms with Gasteiger partial charge in [-0.15, -0.1) is 0 Å². The highest BCUT2D eigenvalue weighted by atomic mass is 35.7. The maximum absolute atomic E-state index is 11.0. The summed E-state index contributed by atoms with van der Waals surface area (Å²) in [6, 6.07) is 7.98. The SMILES string of the molecule is Cc1cccc(Cn2cnc(S(=O)(=O)Cl)c2)c1. The quantitative estimate of drug-likeness (QED) is 0.803. The minimum absolute atomic E-state index is 0.119. The number of rotatable bonds is 3. The van der Waals surface area contributed by atoms with Crippen LogP contribution in [0.25, 0.3) is 0 Å². The van der Waals surface area contributed by atoms with E-state index in [0.717, 1.165) is 11.1 Å². The lowest BCUT2D eigenvalue weighted by molar-refractivity contribution is 0.606. The fraction of sp³-hybridized carbons (Fsp3) is 0.182. The van der Waals surface area contributed by atoms with E-state index < -0.39 is 9.05 Å². The Labute approximate surface area is 104 Å². The van der Waals surface area contributed by atoms with E-state index in [4.69, 9.17) is 10.7 Å². The van der Waals surface area contributed by atoms with Crippen molar-refractivity contribution in [2.45, 2.75) is 18.5 Å². The molecule has 1 aromatic heterocycles. The molecule has 1 aromatic carbocycles. The van der Waals surface area contributed by atoms with Gasteiger partial charge in [-0.3, -0.25) is 0 Å². The second-order valence-electron chi connectivity index (χ2n) is 3.81. The van der Waals surface area contributed by atoms with E-state index in [2.05, 4.69) is 4.98 Å². The number of hydrogen-bond acceptors (Lipinski definition) is 3. The Morgan fingerprint density at radius 2 is 2.18 bits per heavy atom. The molecule has 0 saturated carbocycles. The molecule has 0 spiro atoms. The van der Waals surface area contributed by atoms with Crippen LogP contribution in [0.1, 0.15) is 11.1 Å². The number of aromatic nitrogens is 2. The van der Waals surface area contributed by atoms with E-state index in [1.165, 1.54) is 12.5 Å². The Hall–Kier alpha value is -1.33. The summed E-state index contributed by atoms with van der Waals surface area (Å²) >= 11 is 0. The van der Waals surface area contributed by atoms with Gasteiger partial charge in [-0.25, -0.2) is 13.4 Å². The molecule has 0 bridgehead atoms. The molecule has 0 aliphatic carbocycles. The highest BCUT2D eigenvalue weighted by molar-refractivity contribution is 8.13. The van der Waals surface area contributed by atoms with Gasteiger partial charge in [0.05, 0.1) is 6.33 Å². The van der Waals surface area contributed by atoms with Crippen molar-refractivity contribution in [3.8, 4) is 0 Å². The summed E-state index contributed by atoms with van der Waals surface area (Å²) in [5.41, 5.74) is 2.24. The predicted molar refractivity (Wildman–Crippen MR) is 65.5 cm³/mol. The van der Waals surface area contributed by atoms with Crippen molar-refractivity contribution in [2.75, 3.05) is 0 Å². The Morgan fingerprint density at radius 1 is 1.41 bits per heavy atom. The van der Waals surface area contributed by atoms with Gasteiger partial charge >= 0.3 is 0 Å². The standard InChI is InChI=1S/C11H11ClN2O2S/c1-9-3-2-4-10(5-9)6-14-7-11(13-8-14)17(12,15)16/h2-5,7-8H,6H2,1H3. The molecule has 0 saturated heterocycles. The lowest BCUT2D eigenvalue weighted by Crippen LogP contribution is -1.97. The topological polar surface area (TPSA) is 52.0 Å². The molecule has 6 heteroatoms. The number of hydrogen-bond donors (Lipinski definition) is 0. The fourth-order valence-corrected chi connectivity index (χ4v) is 2.25. The number of aryl methyl sites for hydroxylation is 1. The maximum Gasteiger partial charge on any atom is 0.280 e. The molecule has 2 aromatic rings. The molecule has 0 atom stereocenters. The first-order valence-electron chi connectivity index (χ1n) is 4.97. The van der Waals surface area contributed by atoms with Gasteiger partial charge in [0.15, 0.2) is 5.03 Å². The van der Waals surface area contributed by atoms with Crippen molar-refractivity contribution < 1.29 is 8.42 Å². The zero-order valence-corrected chi connectivity index (χ0v) is 10.7. The molecule has 0 amide bonds. The van der Waals surface area contributed by atoms with Crippen LogP contribution in [0.5, 0.6) is 0 Å². The predicted octanol–water partition coefficient (Wildman–Crippen LogP) is 2.17. The number of benzene rings is 1. The summed E-state index contributed by atoms with van der Waals surface area (Å²) < 4.78 is 23.8. The minimum atomic E-state index is -3.74. The summed E-state index contributed by atoms with van der Waals surface area (Å²) in [6.45, 7) is 2.58. The molecule has 1 heterocycles. The van der Waals surface area contributed by atoms with Crippen LogP contribution in [-0.2, 0) is 15.6 Å². The van der Waals surface area contributed by atoms with Crippen molar-refractivity contribution in [3.63, 3.8) is 0 Å². The van der Waals surface area contributed by atoms with Crippen LogP contribution in [0.2, 0.25) is 0 Å². The Morgan fingerprint density at radius 3 is 2.76 bits per heavy atom.